The summed E-state index contributed by atoms with van der Waals surface area (Å²) in [6.45, 7) is 0. The minimum absolute atomic E-state index is 0.00188. The molecule has 2 aliphatic rings. The maximum Gasteiger partial charge on any atom is 0.336 e. The fourth-order valence-corrected chi connectivity index (χ4v) is 4.03. The summed E-state index contributed by atoms with van der Waals surface area (Å²) < 4.78 is 18.8. The van der Waals surface area contributed by atoms with Gasteiger partial charge in [-0.2, -0.15) is 0 Å². The summed E-state index contributed by atoms with van der Waals surface area (Å²) in [6.07, 6.45) is 1.01. The van der Waals surface area contributed by atoms with Crippen LogP contribution in [0.25, 0.3) is 0 Å². The van der Waals surface area contributed by atoms with Crippen molar-refractivity contribution < 1.29 is 18.7 Å². The first-order valence-electron chi connectivity index (χ1n) is 7.33. The largest absolute Gasteiger partial charge is 0.466 e. The summed E-state index contributed by atoms with van der Waals surface area (Å²) in [5, 5.41) is 3.61. The van der Waals surface area contributed by atoms with E-state index in [4.69, 9.17) is 4.74 Å². The second-order valence-corrected chi connectivity index (χ2v) is 6.98. The highest BCUT2D eigenvalue weighted by Crippen LogP contribution is 2.44. The maximum atomic E-state index is 13.6. The number of benzene rings is 1. The van der Waals surface area contributed by atoms with E-state index in [1.54, 1.807) is 12.1 Å². The monoisotopic (exact) mass is 457 g/mol. The molecule has 0 aromatic heterocycles. The molecule has 1 heterocycles. The molecule has 7 heteroatoms. The molecule has 0 amide bonds. The van der Waals surface area contributed by atoms with E-state index in [9.17, 15) is 14.0 Å². The number of Topliss-reactive ketones (excluding diaryl/α,β-unsaturated/α-hetero) is 1. The van der Waals surface area contributed by atoms with Crippen molar-refractivity contribution in [2.75, 3.05) is 12.4 Å². The van der Waals surface area contributed by atoms with Crippen molar-refractivity contribution in [3.05, 3.63) is 56.6 Å². The molecule has 1 aromatic carbocycles. The molecule has 1 N–H and O–H groups in total. The number of carbonyl (C=O) groups is 2. The Morgan fingerprint density at radius 1 is 1.42 bits per heavy atom. The highest BCUT2D eigenvalue weighted by Gasteiger charge is 2.40. The van der Waals surface area contributed by atoms with E-state index in [0.717, 1.165) is 5.70 Å². The zero-order chi connectivity index (χ0) is 17.4. The van der Waals surface area contributed by atoms with Gasteiger partial charge in [-0.25, -0.2) is 9.18 Å². The number of methoxy groups -OCH3 is 1. The fraction of sp³-hybridized carbons (Fsp3) is 0.294. The molecule has 1 aliphatic heterocycles. The van der Waals surface area contributed by atoms with Crippen LogP contribution in [0.15, 0.2) is 45.2 Å². The number of hydrogen-bond donors (Lipinski definition) is 1. The first-order valence-corrected chi connectivity index (χ1v) is 9.25. The number of alkyl halides is 1. The summed E-state index contributed by atoms with van der Waals surface area (Å²) >= 11 is 6.56. The number of carbonyl (C=O) groups excluding carboxylic acids is 2. The van der Waals surface area contributed by atoms with Gasteiger partial charge in [0.15, 0.2) is 5.78 Å². The van der Waals surface area contributed by atoms with Gasteiger partial charge in [0.2, 0.25) is 0 Å². The van der Waals surface area contributed by atoms with Crippen LogP contribution in [0, 0.1) is 5.82 Å². The predicted octanol–water partition coefficient (Wildman–Crippen LogP) is 3.71. The Balaban J connectivity index is 2.22. The van der Waals surface area contributed by atoms with Crippen molar-refractivity contribution in [1.82, 2.24) is 5.32 Å². The third-order valence-electron chi connectivity index (χ3n) is 4.25. The van der Waals surface area contributed by atoms with E-state index in [2.05, 4.69) is 37.2 Å². The molecule has 0 saturated carbocycles. The third kappa shape index (κ3) is 2.84. The first-order chi connectivity index (χ1) is 11.5. The van der Waals surface area contributed by atoms with Crippen molar-refractivity contribution in [1.29, 1.82) is 0 Å². The number of halogens is 3. The van der Waals surface area contributed by atoms with Gasteiger partial charge in [0, 0.05) is 34.6 Å². The van der Waals surface area contributed by atoms with E-state index in [1.165, 1.54) is 13.2 Å². The van der Waals surface area contributed by atoms with Gasteiger partial charge >= 0.3 is 5.97 Å². The number of esters is 1. The molecule has 4 nitrogen and oxygen atoms in total. The lowest BCUT2D eigenvalue weighted by atomic mass is 9.80. The number of rotatable bonds is 3. The van der Waals surface area contributed by atoms with Gasteiger partial charge in [-0.05, 0) is 40.0 Å². The molecule has 0 radical (unpaired) electrons. The standard InChI is InChI=1S/C17H14Br2FNO3/c1-24-17(23)16-12(7-18)21-11-4-5-13(22)15(11)14(16)8-2-3-10(20)9(19)6-8/h2-3,6,14,21H,4-5,7H2,1H3. The Labute approximate surface area is 155 Å². The van der Waals surface area contributed by atoms with Crippen LogP contribution in [0.4, 0.5) is 4.39 Å². The Kier molecular flexibility index (Phi) is 4.92. The quantitative estimate of drug-likeness (QED) is 0.554. The summed E-state index contributed by atoms with van der Waals surface area (Å²) in [5.74, 6) is -1.47. The van der Waals surface area contributed by atoms with E-state index in [0.29, 0.717) is 40.6 Å². The molecule has 0 bridgehead atoms. The van der Waals surface area contributed by atoms with Gasteiger partial charge in [-0.15, -0.1) is 0 Å². The van der Waals surface area contributed by atoms with Crippen molar-refractivity contribution in [2.24, 2.45) is 0 Å². The number of ketones is 1. The SMILES string of the molecule is COC(=O)C1=C(CBr)NC2=C(C(=O)CC2)C1c1ccc(F)c(Br)c1. The fourth-order valence-electron chi connectivity index (χ4n) is 3.19. The lowest BCUT2D eigenvalue weighted by Gasteiger charge is -2.29. The Hall–Kier alpha value is -1.47. The van der Waals surface area contributed by atoms with Gasteiger partial charge in [-0.1, -0.05) is 22.0 Å². The Bertz CT molecular complexity index is 801. The molecule has 24 heavy (non-hydrogen) atoms. The summed E-state index contributed by atoms with van der Waals surface area (Å²) in [4.78, 5) is 24.8. The zero-order valence-corrected chi connectivity index (χ0v) is 16.0. The molecular formula is C17H14Br2FNO3. The molecule has 1 aromatic rings. The summed E-state index contributed by atoms with van der Waals surface area (Å²) in [7, 11) is 1.30. The van der Waals surface area contributed by atoms with Crippen LogP contribution in [-0.4, -0.2) is 24.2 Å². The van der Waals surface area contributed by atoms with E-state index in [1.807, 2.05) is 0 Å². The topological polar surface area (TPSA) is 55.4 Å². The number of hydrogen-bond acceptors (Lipinski definition) is 4. The minimum Gasteiger partial charge on any atom is -0.466 e. The van der Waals surface area contributed by atoms with E-state index in [-0.39, 0.29) is 10.3 Å². The van der Waals surface area contributed by atoms with E-state index >= 15 is 0 Å². The van der Waals surface area contributed by atoms with Crippen molar-refractivity contribution in [2.45, 2.75) is 18.8 Å². The molecular weight excluding hydrogens is 445 g/mol. The Morgan fingerprint density at radius 3 is 2.79 bits per heavy atom. The van der Waals surface area contributed by atoms with Gasteiger partial charge in [0.05, 0.1) is 17.2 Å². The predicted molar refractivity (Wildman–Crippen MR) is 94.1 cm³/mol. The van der Waals surface area contributed by atoms with Crippen LogP contribution < -0.4 is 5.32 Å². The average Bonchev–Trinajstić information content (AvgIpc) is 2.96. The molecule has 0 fully saturated rings. The van der Waals surface area contributed by atoms with Crippen molar-refractivity contribution >= 4 is 43.6 Å². The molecule has 0 spiro atoms. The lowest BCUT2D eigenvalue weighted by molar-refractivity contribution is -0.136. The average molecular weight is 459 g/mol. The highest BCUT2D eigenvalue weighted by atomic mass is 79.9. The first kappa shape index (κ1) is 17.4. The maximum absolute atomic E-state index is 13.6. The summed E-state index contributed by atoms with van der Waals surface area (Å²) in [6, 6.07) is 4.53. The van der Waals surface area contributed by atoms with Gasteiger partial charge in [-0.3, -0.25) is 4.79 Å². The summed E-state index contributed by atoms with van der Waals surface area (Å²) in [5.41, 5.74) is 3.11. The smallest absolute Gasteiger partial charge is 0.336 e. The van der Waals surface area contributed by atoms with Gasteiger partial charge in [0.25, 0.3) is 0 Å². The van der Waals surface area contributed by atoms with E-state index < -0.39 is 17.7 Å². The molecule has 1 unspecified atom stereocenters. The number of nitrogens with one attached hydrogen (secondary N) is 1. The second kappa shape index (κ2) is 6.80. The third-order valence-corrected chi connectivity index (χ3v) is 5.42. The molecule has 0 saturated heterocycles. The molecule has 126 valence electrons. The van der Waals surface area contributed by atoms with Crippen LogP contribution in [0.1, 0.15) is 24.3 Å². The number of allylic oxidation sites excluding steroid dienone is 3. The molecule has 1 atom stereocenters. The van der Waals surface area contributed by atoms with Gasteiger partial charge < -0.3 is 10.1 Å². The van der Waals surface area contributed by atoms with Crippen LogP contribution in [0.5, 0.6) is 0 Å². The molecule has 3 rings (SSSR count). The van der Waals surface area contributed by atoms with Crippen LogP contribution in [-0.2, 0) is 14.3 Å². The normalized spacial score (nSPS) is 20.2. The van der Waals surface area contributed by atoms with Gasteiger partial charge in [0.1, 0.15) is 5.82 Å². The lowest BCUT2D eigenvalue weighted by Crippen LogP contribution is -2.31. The zero-order valence-electron chi connectivity index (χ0n) is 12.8. The van der Waals surface area contributed by atoms with Crippen molar-refractivity contribution in [3.8, 4) is 0 Å². The highest BCUT2D eigenvalue weighted by molar-refractivity contribution is 9.10. The number of dihydropyridines is 1. The van der Waals surface area contributed by atoms with Crippen LogP contribution in [0.2, 0.25) is 0 Å². The Morgan fingerprint density at radius 2 is 2.17 bits per heavy atom. The van der Waals surface area contributed by atoms with Crippen molar-refractivity contribution in [3.63, 3.8) is 0 Å². The number of ether oxygens (including phenoxy) is 1. The minimum atomic E-state index is -0.562. The molecule has 1 aliphatic carbocycles. The van der Waals surface area contributed by atoms with Crippen LogP contribution in [0.3, 0.4) is 0 Å². The second-order valence-electron chi connectivity index (χ2n) is 5.56. The van der Waals surface area contributed by atoms with Crippen LogP contribution >= 0.6 is 31.9 Å².